The van der Waals surface area contributed by atoms with Gasteiger partial charge in [0.05, 0.1) is 12.2 Å². The number of nitrogens with zero attached hydrogens (tertiary/aromatic N) is 2. The van der Waals surface area contributed by atoms with Gasteiger partial charge in [0.2, 0.25) is 5.91 Å². The molecule has 0 aliphatic heterocycles. The summed E-state index contributed by atoms with van der Waals surface area (Å²) in [6.45, 7) is 8.91. The Bertz CT molecular complexity index is 390. The highest BCUT2D eigenvalue weighted by Gasteiger charge is 2.11. The summed E-state index contributed by atoms with van der Waals surface area (Å²) in [6, 6.07) is 0. The molecule has 0 aliphatic rings. The van der Waals surface area contributed by atoms with Crippen LogP contribution in [0.1, 0.15) is 32.0 Å². The number of aromatic nitrogens is 2. The van der Waals surface area contributed by atoms with Crippen LogP contribution >= 0.6 is 0 Å². The van der Waals surface area contributed by atoms with Crippen LogP contribution in [0, 0.1) is 6.92 Å². The molecular weight excluding hydrogens is 216 g/mol. The van der Waals surface area contributed by atoms with E-state index in [0.717, 1.165) is 11.3 Å². The highest BCUT2D eigenvalue weighted by atomic mass is 16.1. The third-order valence-corrected chi connectivity index (χ3v) is 2.37. The lowest BCUT2D eigenvalue weighted by atomic mass is 10.1. The molecule has 0 bridgehead atoms. The maximum absolute atomic E-state index is 11.6. The number of carbonyl (C=O) groups excluding carboxylic acids is 1. The Morgan fingerprint density at radius 1 is 1.47 bits per heavy atom. The SMILES string of the molecule is Cc1nn(C)cc1CNC(=O)CNC(C)(C)C. The molecule has 5 nitrogen and oxygen atoms in total. The summed E-state index contributed by atoms with van der Waals surface area (Å²) >= 11 is 0. The number of carbonyl (C=O) groups is 1. The summed E-state index contributed by atoms with van der Waals surface area (Å²) in [7, 11) is 1.87. The van der Waals surface area contributed by atoms with Crippen LogP contribution in [0.2, 0.25) is 0 Å². The van der Waals surface area contributed by atoms with Crippen LogP contribution in [0.3, 0.4) is 0 Å². The van der Waals surface area contributed by atoms with Crippen LogP contribution in [0.15, 0.2) is 6.20 Å². The minimum absolute atomic E-state index is 0.00294. The highest BCUT2D eigenvalue weighted by molar-refractivity contribution is 5.78. The normalized spacial score (nSPS) is 11.6. The fourth-order valence-electron chi connectivity index (χ4n) is 1.42. The van der Waals surface area contributed by atoms with Gasteiger partial charge in [0, 0.05) is 30.9 Å². The van der Waals surface area contributed by atoms with E-state index in [1.165, 1.54) is 0 Å². The summed E-state index contributed by atoms with van der Waals surface area (Å²) in [4.78, 5) is 11.6. The van der Waals surface area contributed by atoms with Crippen molar-refractivity contribution in [2.24, 2.45) is 7.05 Å². The van der Waals surface area contributed by atoms with E-state index in [1.807, 2.05) is 40.9 Å². The Morgan fingerprint density at radius 3 is 2.59 bits per heavy atom. The van der Waals surface area contributed by atoms with Crippen LogP contribution in [-0.2, 0) is 18.4 Å². The van der Waals surface area contributed by atoms with Gasteiger partial charge in [-0.25, -0.2) is 0 Å². The van der Waals surface area contributed by atoms with Gasteiger partial charge < -0.3 is 10.6 Å². The second kappa shape index (κ2) is 5.31. The van der Waals surface area contributed by atoms with Crippen molar-refractivity contribution in [3.63, 3.8) is 0 Å². The molecule has 0 fully saturated rings. The second-order valence-corrected chi connectivity index (χ2v) is 5.29. The van der Waals surface area contributed by atoms with E-state index < -0.39 is 0 Å². The lowest BCUT2D eigenvalue weighted by Gasteiger charge is -2.19. The Morgan fingerprint density at radius 2 is 2.12 bits per heavy atom. The first-order chi connectivity index (χ1) is 7.78. The van der Waals surface area contributed by atoms with Crippen molar-refractivity contribution in [3.8, 4) is 0 Å². The summed E-state index contributed by atoms with van der Waals surface area (Å²) < 4.78 is 1.75. The van der Waals surface area contributed by atoms with Crippen LogP contribution in [0.5, 0.6) is 0 Å². The number of hydrogen-bond donors (Lipinski definition) is 2. The molecule has 0 saturated carbocycles. The number of aryl methyl sites for hydroxylation is 2. The molecule has 0 atom stereocenters. The molecule has 0 unspecified atom stereocenters. The van der Waals surface area contributed by atoms with E-state index in [2.05, 4.69) is 15.7 Å². The van der Waals surface area contributed by atoms with Gasteiger partial charge in [-0.3, -0.25) is 9.48 Å². The summed E-state index contributed by atoms with van der Waals surface area (Å²) in [5.41, 5.74) is 1.97. The predicted octanol–water partition coefficient (Wildman–Crippen LogP) is 0.733. The molecule has 0 radical (unpaired) electrons. The van der Waals surface area contributed by atoms with Crippen molar-refractivity contribution in [1.29, 1.82) is 0 Å². The molecule has 2 N–H and O–H groups in total. The van der Waals surface area contributed by atoms with Crippen molar-refractivity contribution >= 4 is 5.91 Å². The van der Waals surface area contributed by atoms with Crippen LogP contribution < -0.4 is 10.6 Å². The Labute approximate surface area is 103 Å². The maximum atomic E-state index is 11.6. The minimum Gasteiger partial charge on any atom is -0.351 e. The van der Waals surface area contributed by atoms with Crippen molar-refractivity contribution in [1.82, 2.24) is 20.4 Å². The van der Waals surface area contributed by atoms with Gasteiger partial charge in [0.1, 0.15) is 0 Å². The largest absolute Gasteiger partial charge is 0.351 e. The van der Waals surface area contributed by atoms with Gasteiger partial charge in [-0.2, -0.15) is 5.10 Å². The zero-order valence-corrected chi connectivity index (χ0v) is 11.3. The first kappa shape index (κ1) is 13.7. The molecule has 0 aliphatic carbocycles. The monoisotopic (exact) mass is 238 g/mol. The van der Waals surface area contributed by atoms with Gasteiger partial charge in [-0.1, -0.05) is 0 Å². The predicted molar refractivity (Wildman–Crippen MR) is 67.5 cm³/mol. The van der Waals surface area contributed by atoms with Crippen LogP contribution in [0.4, 0.5) is 0 Å². The lowest BCUT2D eigenvalue weighted by Crippen LogP contribution is -2.43. The van der Waals surface area contributed by atoms with Crippen molar-refractivity contribution < 1.29 is 4.79 Å². The fourth-order valence-corrected chi connectivity index (χ4v) is 1.42. The van der Waals surface area contributed by atoms with E-state index in [-0.39, 0.29) is 11.4 Å². The van der Waals surface area contributed by atoms with Gasteiger partial charge in [0.15, 0.2) is 0 Å². The Hall–Kier alpha value is -1.36. The van der Waals surface area contributed by atoms with E-state index in [9.17, 15) is 4.79 Å². The first-order valence-corrected chi connectivity index (χ1v) is 5.79. The van der Waals surface area contributed by atoms with Crippen molar-refractivity contribution in [2.75, 3.05) is 6.54 Å². The number of nitrogens with one attached hydrogen (secondary N) is 2. The number of amides is 1. The highest BCUT2D eigenvalue weighted by Crippen LogP contribution is 2.03. The molecule has 1 aromatic heterocycles. The second-order valence-electron chi connectivity index (χ2n) is 5.29. The molecule has 0 saturated heterocycles. The molecule has 17 heavy (non-hydrogen) atoms. The number of hydrogen-bond acceptors (Lipinski definition) is 3. The molecule has 1 rings (SSSR count). The smallest absolute Gasteiger partial charge is 0.234 e. The molecule has 96 valence electrons. The average Bonchev–Trinajstić information content (AvgIpc) is 2.50. The van der Waals surface area contributed by atoms with E-state index in [0.29, 0.717) is 13.1 Å². The van der Waals surface area contributed by atoms with Crippen LogP contribution in [-0.4, -0.2) is 27.8 Å². The van der Waals surface area contributed by atoms with E-state index in [4.69, 9.17) is 0 Å². The Balaban J connectivity index is 2.36. The van der Waals surface area contributed by atoms with Gasteiger partial charge >= 0.3 is 0 Å². The van der Waals surface area contributed by atoms with Gasteiger partial charge in [-0.05, 0) is 27.7 Å². The first-order valence-electron chi connectivity index (χ1n) is 5.79. The molecular formula is C12H22N4O. The lowest BCUT2D eigenvalue weighted by molar-refractivity contribution is -0.120. The molecule has 0 aromatic carbocycles. The fraction of sp³-hybridized carbons (Fsp3) is 0.667. The quantitative estimate of drug-likeness (QED) is 0.813. The zero-order chi connectivity index (χ0) is 13.1. The topological polar surface area (TPSA) is 59.0 Å². The van der Waals surface area contributed by atoms with E-state index >= 15 is 0 Å². The minimum atomic E-state index is -0.0401. The summed E-state index contributed by atoms with van der Waals surface area (Å²) in [6.07, 6.45) is 1.92. The van der Waals surface area contributed by atoms with Gasteiger partial charge in [0.25, 0.3) is 0 Å². The van der Waals surface area contributed by atoms with Crippen molar-refractivity contribution in [2.45, 2.75) is 39.8 Å². The molecule has 1 amide bonds. The van der Waals surface area contributed by atoms with Crippen molar-refractivity contribution in [3.05, 3.63) is 17.5 Å². The maximum Gasteiger partial charge on any atom is 0.234 e. The van der Waals surface area contributed by atoms with Crippen LogP contribution in [0.25, 0.3) is 0 Å². The average molecular weight is 238 g/mol. The zero-order valence-electron chi connectivity index (χ0n) is 11.3. The molecule has 1 heterocycles. The summed E-state index contributed by atoms with van der Waals surface area (Å²) in [5.74, 6) is 0.00294. The summed E-state index contributed by atoms with van der Waals surface area (Å²) in [5, 5.41) is 10.2. The molecule has 0 spiro atoms. The Kier molecular flexibility index (Phi) is 4.28. The third kappa shape index (κ3) is 4.99. The molecule has 5 heteroatoms. The van der Waals surface area contributed by atoms with Gasteiger partial charge in [-0.15, -0.1) is 0 Å². The number of rotatable bonds is 4. The van der Waals surface area contributed by atoms with E-state index in [1.54, 1.807) is 4.68 Å². The third-order valence-electron chi connectivity index (χ3n) is 2.37. The standard InChI is InChI=1S/C12H22N4O/c1-9-10(8-16(5)15-9)6-13-11(17)7-14-12(2,3)4/h8,14H,6-7H2,1-5H3,(H,13,17). The molecule has 1 aromatic rings.